The molecule has 0 bridgehead atoms. The van der Waals surface area contributed by atoms with E-state index in [0.717, 1.165) is 51.6 Å². The summed E-state index contributed by atoms with van der Waals surface area (Å²) >= 11 is 3.04. The minimum Gasteiger partial charge on any atom is -0.382 e. The lowest BCUT2D eigenvalue weighted by atomic mass is 10.2. The second-order valence-corrected chi connectivity index (χ2v) is 6.86. The molecule has 0 atom stereocenters. The first-order valence-electron chi connectivity index (χ1n) is 7.39. The molecule has 3 rings (SSSR count). The average Bonchev–Trinajstić information content (AvgIpc) is 3.02. The molecule has 0 unspecified atom stereocenters. The SMILES string of the molecule is CCOCCCNc1nnc(Sc2ncnc3ccccc23)s1. The first-order chi connectivity index (χ1) is 11.4. The van der Waals surface area contributed by atoms with Gasteiger partial charge in [0, 0.05) is 25.1 Å². The molecule has 2 heterocycles. The highest BCUT2D eigenvalue weighted by molar-refractivity contribution is 8.01. The lowest BCUT2D eigenvalue weighted by molar-refractivity contribution is 0.147. The van der Waals surface area contributed by atoms with Gasteiger partial charge < -0.3 is 10.1 Å². The van der Waals surface area contributed by atoms with Gasteiger partial charge in [0.05, 0.1) is 5.52 Å². The van der Waals surface area contributed by atoms with Crippen LogP contribution in [0.4, 0.5) is 5.13 Å². The largest absolute Gasteiger partial charge is 0.382 e. The molecule has 0 fully saturated rings. The maximum Gasteiger partial charge on any atom is 0.206 e. The van der Waals surface area contributed by atoms with Crippen LogP contribution in [0, 0.1) is 0 Å². The zero-order valence-electron chi connectivity index (χ0n) is 12.7. The van der Waals surface area contributed by atoms with Gasteiger partial charge in [0.1, 0.15) is 11.4 Å². The molecule has 8 heteroatoms. The molecule has 0 amide bonds. The monoisotopic (exact) mass is 347 g/mol. The summed E-state index contributed by atoms with van der Waals surface area (Å²) in [5, 5.41) is 14.4. The highest BCUT2D eigenvalue weighted by Gasteiger charge is 2.09. The third-order valence-electron chi connectivity index (χ3n) is 3.04. The second kappa shape index (κ2) is 8.19. The van der Waals surface area contributed by atoms with Gasteiger partial charge in [0.15, 0.2) is 4.34 Å². The van der Waals surface area contributed by atoms with Gasteiger partial charge in [-0.25, -0.2) is 9.97 Å². The normalized spacial score (nSPS) is 11.0. The number of nitrogens with one attached hydrogen (secondary N) is 1. The molecule has 0 radical (unpaired) electrons. The van der Waals surface area contributed by atoms with E-state index in [9.17, 15) is 0 Å². The lowest BCUT2D eigenvalue weighted by Gasteiger charge is -2.02. The van der Waals surface area contributed by atoms with Crippen LogP contribution in [-0.4, -0.2) is 39.9 Å². The van der Waals surface area contributed by atoms with Gasteiger partial charge in [0.25, 0.3) is 0 Å². The summed E-state index contributed by atoms with van der Waals surface area (Å²) in [6, 6.07) is 7.96. The smallest absolute Gasteiger partial charge is 0.206 e. The van der Waals surface area contributed by atoms with Gasteiger partial charge in [0.2, 0.25) is 5.13 Å². The van der Waals surface area contributed by atoms with Crippen molar-refractivity contribution < 1.29 is 4.74 Å². The molecule has 6 nitrogen and oxygen atoms in total. The Morgan fingerprint density at radius 2 is 2.13 bits per heavy atom. The minimum absolute atomic E-state index is 0.756. The van der Waals surface area contributed by atoms with Crippen LogP contribution in [0.1, 0.15) is 13.3 Å². The molecule has 0 spiro atoms. The summed E-state index contributed by atoms with van der Waals surface area (Å²) in [5.41, 5.74) is 0.934. The second-order valence-electron chi connectivity index (χ2n) is 4.65. The third-order valence-corrected chi connectivity index (χ3v) is 4.99. The van der Waals surface area contributed by atoms with Crippen molar-refractivity contribution in [3.8, 4) is 0 Å². The third kappa shape index (κ3) is 4.37. The van der Waals surface area contributed by atoms with Crippen molar-refractivity contribution in [3.63, 3.8) is 0 Å². The van der Waals surface area contributed by atoms with Gasteiger partial charge >= 0.3 is 0 Å². The minimum atomic E-state index is 0.756. The Balaban J connectivity index is 1.62. The van der Waals surface area contributed by atoms with E-state index < -0.39 is 0 Å². The molecule has 0 aliphatic heterocycles. The number of rotatable bonds is 8. The van der Waals surface area contributed by atoms with E-state index >= 15 is 0 Å². The molecule has 0 aliphatic carbocycles. The van der Waals surface area contributed by atoms with Crippen LogP contribution in [0.3, 0.4) is 0 Å². The maximum atomic E-state index is 5.31. The first kappa shape index (κ1) is 16.1. The quantitative estimate of drug-likeness (QED) is 0.494. The fourth-order valence-electron chi connectivity index (χ4n) is 1.98. The molecule has 3 aromatic rings. The van der Waals surface area contributed by atoms with E-state index in [1.54, 1.807) is 6.33 Å². The molecule has 1 N–H and O–H groups in total. The highest BCUT2D eigenvalue weighted by atomic mass is 32.2. The Morgan fingerprint density at radius 3 is 3.04 bits per heavy atom. The fourth-order valence-corrected chi connectivity index (χ4v) is 3.75. The number of benzene rings is 1. The Bertz CT molecular complexity index is 759. The molecule has 1 aromatic carbocycles. The number of aromatic nitrogens is 4. The van der Waals surface area contributed by atoms with E-state index in [0.29, 0.717) is 0 Å². The topological polar surface area (TPSA) is 72.8 Å². The van der Waals surface area contributed by atoms with Crippen molar-refractivity contribution in [1.29, 1.82) is 0 Å². The van der Waals surface area contributed by atoms with Gasteiger partial charge in [-0.1, -0.05) is 29.5 Å². The van der Waals surface area contributed by atoms with Crippen molar-refractivity contribution in [2.45, 2.75) is 22.7 Å². The maximum absolute atomic E-state index is 5.31. The standard InChI is InChI=1S/C15H17N5OS2/c1-2-21-9-5-8-16-14-19-20-15(23-14)22-13-11-6-3-4-7-12(11)17-10-18-13/h3-4,6-7,10H,2,5,8-9H2,1H3,(H,16,19). The number of hydrogen-bond acceptors (Lipinski definition) is 8. The number of hydrogen-bond donors (Lipinski definition) is 1. The summed E-state index contributed by atoms with van der Waals surface area (Å²) in [7, 11) is 0. The molecular formula is C15H17N5OS2. The zero-order chi connectivity index (χ0) is 15.9. The van der Waals surface area contributed by atoms with Crippen LogP contribution in [0.15, 0.2) is 40.0 Å². The molecule has 2 aromatic heterocycles. The van der Waals surface area contributed by atoms with Crippen LogP contribution in [0.25, 0.3) is 10.9 Å². The average molecular weight is 347 g/mol. The van der Waals surface area contributed by atoms with E-state index in [2.05, 4.69) is 25.5 Å². The Kier molecular flexibility index (Phi) is 5.73. The van der Waals surface area contributed by atoms with Crippen molar-refractivity contribution in [2.75, 3.05) is 25.1 Å². The number of para-hydroxylation sites is 1. The first-order valence-corrected chi connectivity index (χ1v) is 9.03. The van der Waals surface area contributed by atoms with Crippen molar-refractivity contribution in [1.82, 2.24) is 20.2 Å². The van der Waals surface area contributed by atoms with E-state index in [4.69, 9.17) is 4.74 Å². The summed E-state index contributed by atoms with van der Waals surface area (Å²) in [6.07, 6.45) is 2.53. The highest BCUT2D eigenvalue weighted by Crippen LogP contribution is 2.33. The van der Waals surface area contributed by atoms with Crippen molar-refractivity contribution in [2.24, 2.45) is 0 Å². The molecule has 23 heavy (non-hydrogen) atoms. The van der Waals surface area contributed by atoms with E-state index in [1.165, 1.54) is 23.1 Å². The van der Waals surface area contributed by atoms with Crippen LogP contribution < -0.4 is 5.32 Å². The van der Waals surface area contributed by atoms with Crippen LogP contribution in [-0.2, 0) is 4.74 Å². The predicted molar refractivity (Wildman–Crippen MR) is 93.2 cm³/mol. The van der Waals surface area contributed by atoms with Crippen molar-refractivity contribution >= 4 is 39.1 Å². The van der Waals surface area contributed by atoms with Gasteiger partial charge in [-0.05, 0) is 31.2 Å². The van der Waals surface area contributed by atoms with Crippen LogP contribution in [0.5, 0.6) is 0 Å². The number of fused-ring (bicyclic) bond motifs is 1. The Labute approximate surface area is 142 Å². The van der Waals surface area contributed by atoms with E-state index in [-0.39, 0.29) is 0 Å². The summed E-state index contributed by atoms with van der Waals surface area (Å²) in [5.74, 6) is 0. The molecule has 120 valence electrons. The Morgan fingerprint density at radius 1 is 1.22 bits per heavy atom. The molecule has 0 saturated carbocycles. The lowest BCUT2D eigenvalue weighted by Crippen LogP contribution is -2.05. The number of anilines is 1. The predicted octanol–water partition coefficient (Wildman–Crippen LogP) is 3.47. The van der Waals surface area contributed by atoms with Crippen LogP contribution >= 0.6 is 23.1 Å². The summed E-state index contributed by atoms with van der Waals surface area (Å²) < 4.78 is 6.17. The van der Waals surface area contributed by atoms with Gasteiger partial charge in [-0.3, -0.25) is 0 Å². The number of ether oxygens (including phenoxy) is 1. The summed E-state index contributed by atoms with van der Waals surface area (Å²) in [6.45, 7) is 4.34. The molecule has 0 saturated heterocycles. The summed E-state index contributed by atoms with van der Waals surface area (Å²) in [4.78, 5) is 8.63. The van der Waals surface area contributed by atoms with Crippen LogP contribution in [0.2, 0.25) is 0 Å². The van der Waals surface area contributed by atoms with Gasteiger partial charge in [-0.15, -0.1) is 10.2 Å². The van der Waals surface area contributed by atoms with E-state index in [1.807, 2.05) is 31.2 Å². The number of nitrogens with zero attached hydrogens (tertiary/aromatic N) is 4. The molecular weight excluding hydrogens is 330 g/mol. The molecule has 0 aliphatic rings. The van der Waals surface area contributed by atoms with Crippen molar-refractivity contribution in [3.05, 3.63) is 30.6 Å². The Hall–Kier alpha value is -1.77. The zero-order valence-corrected chi connectivity index (χ0v) is 14.4. The fraction of sp³-hybridized carbons (Fsp3) is 0.333. The van der Waals surface area contributed by atoms with Gasteiger partial charge in [-0.2, -0.15) is 0 Å².